The number of ether oxygens (including phenoxy) is 3. The largest absolute Gasteiger partial charge is 0.472 e. The van der Waals surface area contributed by atoms with Gasteiger partial charge in [0.1, 0.15) is 12.2 Å². The van der Waals surface area contributed by atoms with Crippen molar-refractivity contribution < 1.29 is 28.2 Å². The van der Waals surface area contributed by atoms with Crippen LogP contribution in [0.25, 0.3) is 0 Å². The summed E-state index contributed by atoms with van der Waals surface area (Å²) in [5.74, 6) is -0.235. The van der Waals surface area contributed by atoms with Crippen LogP contribution < -0.4 is 0 Å². The van der Waals surface area contributed by atoms with Crippen LogP contribution in [0.4, 0.5) is 0 Å². The smallest absolute Gasteiger partial charge is 0.339 e. The summed E-state index contributed by atoms with van der Waals surface area (Å²) in [6, 6.07) is 1.90. The van der Waals surface area contributed by atoms with Crippen molar-refractivity contribution in [3.05, 3.63) is 24.2 Å². The zero-order chi connectivity index (χ0) is 17.0. The van der Waals surface area contributed by atoms with Crippen LogP contribution in [0.1, 0.15) is 44.3 Å². The van der Waals surface area contributed by atoms with E-state index in [1.807, 2.05) is 6.07 Å². The lowest BCUT2D eigenvalue weighted by Crippen LogP contribution is -2.59. The van der Waals surface area contributed by atoms with Crippen LogP contribution in [0.3, 0.4) is 0 Å². The molecule has 5 fully saturated rings. The first-order valence-corrected chi connectivity index (χ1v) is 9.13. The first kappa shape index (κ1) is 14.4. The number of fused-ring (bicyclic) bond motifs is 7. The second-order valence-corrected chi connectivity index (χ2v) is 8.58. The van der Waals surface area contributed by atoms with Gasteiger partial charge in [0.05, 0.1) is 24.5 Å². The molecule has 4 bridgehead atoms. The van der Waals surface area contributed by atoms with E-state index in [-0.39, 0.29) is 53.4 Å². The average molecular weight is 344 g/mol. The topological polar surface area (TPSA) is 75.0 Å². The molecule has 0 radical (unpaired) electrons. The molecule has 2 aliphatic carbocycles. The Morgan fingerprint density at radius 1 is 1.16 bits per heavy atom. The fourth-order valence-corrected chi connectivity index (χ4v) is 6.54. The Balaban J connectivity index is 1.48. The average Bonchev–Trinajstić information content (AvgIpc) is 3.31. The SMILES string of the molecule is C[C@@]12CC(c3ccoc3)O[C@@]13C[C@H](OC3=O)[C@@H]1[C@@H]3C[C@@H](C[C@@H]12)OC3=O. The molecule has 6 heteroatoms. The molecule has 6 rings (SSSR count). The first-order valence-electron chi connectivity index (χ1n) is 9.13. The number of rotatable bonds is 1. The van der Waals surface area contributed by atoms with Gasteiger partial charge in [0.2, 0.25) is 0 Å². The highest BCUT2D eigenvalue weighted by Crippen LogP contribution is 2.69. The molecule has 0 N–H and O–H groups in total. The van der Waals surface area contributed by atoms with Gasteiger partial charge in [-0.2, -0.15) is 0 Å². The van der Waals surface area contributed by atoms with Gasteiger partial charge in [-0.15, -0.1) is 0 Å². The van der Waals surface area contributed by atoms with Gasteiger partial charge in [0.15, 0.2) is 5.60 Å². The monoisotopic (exact) mass is 344 g/mol. The van der Waals surface area contributed by atoms with Crippen molar-refractivity contribution in [2.24, 2.45) is 23.2 Å². The minimum absolute atomic E-state index is 0.0202. The van der Waals surface area contributed by atoms with Crippen molar-refractivity contribution in [2.45, 2.75) is 56.5 Å². The van der Waals surface area contributed by atoms with E-state index in [1.54, 1.807) is 12.5 Å². The molecule has 3 saturated heterocycles. The third-order valence-electron chi connectivity index (χ3n) is 7.66. The molecule has 0 amide bonds. The quantitative estimate of drug-likeness (QED) is 0.728. The van der Waals surface area contributed by atoms with Crippen molar-refractivity contribution >= 4 is 11.9 Å². The minimum Gasteiger partial charge on any atom is -0.472 e. The van der Waals surface area contributed by atoms with E-state index in [9.17, 15) is 9.59 Å². The lowest BCUT2D eigenvalue weighted by atomic mass is 9.49. The third-order valence-corrected chi connectivity index (χ3v) is 7.66. The van der Waals surface area contributed by atoms with Crippen LogP contribution in [-0.2, 0) is 23.8 Å². The minimum atomic E-state index is -0.902. The molecule has 1 aromatic heterocycles. The third kappa shape index (κ3) is 1.52. The summed E-state index contributed by atoms with van der Waals surface area (Å²) in [4.78, 5) is 25.2. The van der Waals surface area contributed by atoms with Gasteiger partial charge >= 0.3 is 11.9 Å². The van der Waals surface area contributed by atoms with E-state index in [1.165, 1.54) is 0 Å². The van der Waals surface area contributed by atoms with Crippen molar-refractivity contribution in [3.8, 4) is 0 Å². The molecule has 8 atom stereocenters. The van der Waals surface area contributed by atoms with E-state index in [4.69, 9.17) is 18.6 Å². The van der Waals surface area contributed by atoms with E-state index in [2.05, 4.69) is 6.92 Å². The Hall–Kier alpha value is -1.82. The Morgan fingerprint density at radius 3 is 2.84 bits per heavy atom. The summed E-state index contributed by atoms with van der Waals surface area (Å²) >= 11 is 0. The second kappa shape index (κ2) is 4.29. The fourth-order valence-electron chi connectivity index (χ4n) is 6.54. The molecule has 3 aliphatic heterocycles. The second-order valence-electron chi connectivity index (χ2n) is 8.58. The molecule has 25 heavy (non-hydrogen) atoms. The standard InChI is InChI=1S/C19H20O6/c1-18-6-13(9-2-3-22-8-9)25-19(18)7-14(24-17(19)21)15-11-4-10(5-12(15)18)23-16(11)20/h2-3,8,10-15H,4-7H2,1H3/t10-,11-,12-,13?,14-,15+,18-,19+/m0/s1. The molecule has 2 saturated carbocycles. The lowest BCUT2D eigenvalue weighted by molar-refractivity contribution is -0.169. The van der Waals surface area contributed by atoms with Gasteiger partial charge in [-0.1, -0.05) is 6.92 Å². The molecular weight excluding hydrogens is 324 g/mol. The molecule has 1 spiro atoms. The van der Waals surface area contributed by atoms with Gasteiger partial charge in [-0.3, -0.25) is 4.79 Å². The highest BCUT2D eigenvalue weighted by Gasteiger charge is 2.76. The number of hydrogen-bond acceptors (Lipinski definition) is 6. The summed E-state index contributed by atoms with van der Waals surface area (Å²) in [5.41, 5.74) is -0.293. The van der Waals surface area contributed by atoms with Crippen molar-refractivity contribution in [1.82, 2.24) is 0 Å². The molecule has 0 aromatic carbocycles. The van der Waals surface area contributed by atoms with Crippen LogP contribution in [0.5, 0.6) is 0 Å². The molecule has 6 nitrogen and oxygen atoms in total. The highest BCUT2D eigenvalue weighted by molar-refractivity contribution is 5.85. The Kier molecular flexibility index (Phi) is 2.46. The maximum Gasteiger partial charge on any atom is 0.339 e. The van der Waals surface area contributed by atoms with Crippen LogP contribution in [-0.4, -0.2) is 29.7 Å². The normalized spacial score (nSPS) is 52.5. The van der Waals surface area contributed by atoms with Crippen molar-refractivity contribution in [2.75, 3.05) is 0 Å². The lowest BCUT2D eigenvalue weighted by Gasteiger charge is -2.51. The summed E-state index contributed by atoms with van der Waals surface area (Å²) < 4.78 is 23.0. The van der Waals surface area contributed by atoms with E-state index in [0.29, 0.717) is 6.42 Å². The number of hydrogen-bond donors (Lipinski definition) is 0. The van der Waals surface area contributed by atoms with Crippen molar-refractivity contribution in [3.63, 3.8) is 0 Å². The molecule has 5 aliphatic rings. The molecule has 132 valence electrons. The van der Waals surface area contributed by atoms with Crippen LogP contribution in [0.15, 0.2) is 23.0 Å². The predicted octanol–water partition coefficient (Wildman–Crippen LogP) is 2.38. The maximum absolute atomic E-state index is 12.9. The summed E-state index contributed by atoms with van der Waals surface area (Å²) in [7, 11) is 0. The Labute approximate surface area is 144 Å². The fraction of sp³-hybridized carbons (Fsp3) is 0.684. The highest BCUT2D eigenvalue weighted by atomic mass is 16.6. The van der Waals surface area contributed by atoms with Crippen molar-refractivity contribution in [1.29, 1.82) is 0 Å². The van der Waals surface area contributed by atoms with Crippen LogP contribution >= 0.6 is 0 Å². The summed E-state index contributed by atoms with van der Waals surface area (Å²) in [6.07, 6.45) is 5.75. The van der Waals surface area contributed by atoms with E-state index in [0.717, 1.165) is 24.8 Å². The van der Waals surface area contributed by atoms with Crippen LogP contribution in [0, 0.1) is 23.2 Å². The van der Waals surface area contributed by atoms with Crippen LogP contribution in [0.2, 0.25) is 0 Å². The molecule has 4 heterocycles. The Bertz CT molecular complexity index is 771. The van der Waals surface area contributed by atoms with E-state index >= 15 is 0 Å². The van der Waals surface area contributed by atoms with E-state index < -0.39 is 5.60 Å². The maximum atomic E-state index is 12.9. The van der Waals surface area contributed by atoms with Gasteiger partial charge < -0.3 is 18.6 Å². The summed E-state index contributed by atoms with van der Waals surface area (Å²) in [5, 5.41) is 0. The first-order chi connectivity index (χ1) is 12.0. The number of carbonyl (C=O) groups is 2. The van der Waals surface area contributed by atoms with Gasteiger partial charge in [-0.05, 0) is 31.2 Å². The van der Waals surface area contributed by atoms with Gasteiger partial charge in [0.25, 0.3) is 0 Å². The van der Waals surface area contributed by atoms with Gasteiger partial charge in [0, 0.05) is 23.3 Å². The zero-order valence-corrected chi connectivity index (χ0v) is 14.0. The summed E-state index contributed by atoms with van der Waals surface area (Å²) in [6.45, 7) is 2.16. The number of furan rings is 1. The molecule has 1 aromatic rings. The molecule has 1 unspecified atom stereocenters. The number of esters is 2. The predicted molar refractivity (Wildman–Crippen MR) is 82.1 cm³/mol. The Morgan fingerprint density at radius 2 is 2.04 bits per heavy atom. The van der Waals surface area contributed by atoms with Gasteiger partial charge in [-0.25, -0.2) is 4.79 Å². The molecular formula is C19H20O6. The number of carbonyl (C=O) groups excluding carboxylic acids is 2. The zero-order valence-electron chi connectivity index (χ0n) is 14.0.